The number of rotatable bonds is 2. The molecule has 110 valence electrons. The zero-order valence-corrected chi connectivity index (χ0v) is 12.4. The number of aliphatic carboxylic acids is 1. The quantitative estimate of drug-likeness (QED) is 0.742. The molecule has 0 aromatic heterocycles. The van der Waals surface area contributed by atoms with E-state index in [0.29, 0.717) is 15.7 Å². The molecule has 3 N–H and O–H groups in total. The van der Waals surface area contributed by atoms with E-state index in [-0.39, 0.29) is 13.0 Å². The van der Waals surface area contributed by atoms with Gasteiger partial charge < -0.3 is 20.4 Å². The van der Waals surface area contributed by atoms with Crippen LogP contribution in [0.5, 0.6) is 0 Å². The fourth-order valence-corrected chi connectivity index (χ4v) is 2.62. The van der Waals surface area contributed by atoms with E-state index in [1.54, 1.807) is 12.1 Å². The summed E-state index contributed by atoms with van der Waals surface area (Å²) < 4.78 is 0.515. The third-order valence-corrected chi connectivity index (χ3v) is 3.82. The van der Waals surface area contributed by atoms with Crippen molar-refractivity contribution in [3.05, 3.63) is 28.2 Å². The molecule has 0 saturated carbocycles. The molecule has 1 heterocycles. The summed E-state index contributed by atoms with van der Waals surface area (Å²) in [5.41, 5.74) is 0.851. The Bertz CT molecular complexity index is 628. The number of aliphatic hydroxyl groups excluding tert-OH is 1. The molecule has 1 aromatic rings. The van der Waals surface area contributed by atoms with Crippen LogP contribution in [0.1, 0.15) is 12.0 Å². The predicted octanol–water partition coefficient (Wildman–Crippen LogP) is 1.37. The van der Waals surface area contributed by atoms with E-state index in [9.17, 15) is 14.7 Å². The monoisotopic (exact) mass is 353 g/mol. The average molecular weight is 354 g/mol. The Balaban J connectivity index is 2.14. The van der Waals surface area contributed by atoms with Gasteiger partial charge in [-0.2, -0.15) is 5.26 Å². The number of β-amino-alcohol motifs (C(OH)–C–C–N with tert-alkyl or cyclic N) is 1. The molecule has 21 heavy (non-hydrogen) atoms. The number of carbonyl (C=O) groups excluding carboxylic acids is 1. The number of nitrogens with zero attached hydrogens (tertiary/aromatic N) is 2. The fraction of sp³-hybridized carbons (Fsp3) is 0.308. The number of nitriles is 1. The summed E-state index contributed by atoms with van der Waals surface area (Å²) >= 11 is 3.23. The first-order valence-electron chi connectivity index (χ1n) is 6.10. The second kappa shape index (κ2) is 6.11. The third kappa shape index (κ3) is 3.32. The largest absolute Gasteiger partial charge is 0.480 e. The number of likely N-dealkylation sites (tertiary alicyclic amines) is 1. The van der Waals surface area contributed by atoms with Crippen molar-refractivity contribution in [1.82, 2.24) is 4.90 Å². The topological polar surface area (TPSA) is 114 Å². The number of nitrogens with one attached hydrogen (secondary N) is 1. The lowest BCUT2D eigenvalue weighted by Crippen LogP contribution is -2.43. The second-order valence-corrected chi connectivity index (χ2v) is 5.49. The number of carbonyl (C=O) groups is 2. The summed E-state index contributed by atoms with van der Waals surface area (Å²) in [6.07, 6.45) is -0.835. The van der Waals surface area contributed by atoms with Gasteiger partial charge in [-0.05, 0) is 34.1 Å². The van der Waals surface area contributed by atoms with Gasteiger partial charge in [-0.15, -0.1) is 0 Å². The predicted molar refractivity (Wildman–Crippen MR) is 76.6 cm³/mol. The van der Waals surface area contributed by atoms with Crippen LogP contribution in [0.2, 0.25) is 0 Å². The number of urea groups is 1. The highest BCUT2D eigenvalue weighted by Crippen LogP contribution is 2.25. The minimum Gasteiger partial charge on any atom is -0.480 e. The van der Waals surface area contributed by atoms with E-state index in [2.05, 4.69) is 21.2 Å². The minimum atomic E-state index is -1.15. The van der Waals surface area contributed by atoms with E-state index >= 15 is 0 Å². The van der Waals surface area contributed by atoms with E-state index in [1.807, 2.05) is 6.07 Å². The Labute approximate surface area is 128 Å². The summed E-state index contributed by atoms with van der Waals surface area (Å²) in [5, 5.41) is 29.9. The van der Waals surface area contributed by atoms with Gasteiger partial charge in [-0.1, -0.05) is 0 Å². The maximum absolute atomic E-state index is 12.1. The highest BCUT2D eigenvalue weighted by atomic mass is 79.9. The molecule has 0 spiro atoms. The van der Waals surface area contributed by atoms with Gasteiger partial charge in [0.15, 0.2) is 0 Å². The van der Waals surface area contributed by atoms with Crippen molar-refractivity contribution >= 4 is 33.6 Å². The summed E-state index contributed by atoms with van der Waals surface area (Å²) in [6, 6.07) is 4.94. The van der Waals surface area contributed by atoms with Gasteiger partial charge >= 0.3 is 12.0 Å². The van der Waals surface area contributed by atoms with Crippen molar-refractivity contribution in [3.63, 3.8) is 0 Å². The standard InChI is InChI=1S/C13H12BrN3O4/c14-9-3-7(5-15)1-2-10(9)16-13(21)17-6-8(18)4-11(17)12(19)20/h1-3,8,11,18H,4,6H2,(H,16,21)(H,19,20)/t8-,11-/m0/s1. The molecule has 0 radical (unpaired) electrons. The van der Waals surface area contributed by atoms with Gasteiger partial charge in [-0.25, -0.2) is 9.59 Å². The van der Waals surface area contributed by atoms with Crippen LogP contribution in [0.3, 0.4) is 0 Å². The van der Waals surface area contributed by atoms with Gasteiger partial charge in [0, 0.05) is 17.4 Å². The van der Waals surface area contributed by atoms with Crippen LogP contribution in [0, 0.1) is 11.3 Å². The molecular weight excluding hydrogens is 342 g/mol. The number of carboxylic acids is 1. The van der Waals surface area contributed by atoms with Crippen molar-refractivity contribution in [2.75, 3.05) is 11.9 Å². The molecule has 1 aliphatic rings. The first kappa shape index (κ1) is 15.3. The molecule has 1 aliphatic heterocycles. The Morgan fingerprint density at radius 2 is 2.19 bits per heavy atom. The zero-order chi connectivity index (χ0) is 15.6. The maximum atomic E-state index is 12.1. The number of carboxylic acid groups (broad SMARTS) is 1. The number of hydrogen-bond donors (Lipinski definition) is 3. The number of benzene rings is 1. The Morgan fingerprint density at radius 1 is 1.48 bits per heavy atom. The van der Waals surface area contributed by atoms with Crippen molar-refractivity contribution in [2.24, 2.45) is 0 Å². The number of hydrogen-bond acceptors (Lipinski definition) is 4. The van der Waals surface area contributed by atoms with Gasteiger partial charge in [-0.3, -0.25) is 0 Å². The summed E-state index contributed by atoms with van der Waals surface area (Å²) in [7, 11) is 0. The van der Waals surface area contributed by atoms with Gasteiger partial charge in [0.2, 0.25) is 0 Å². The molecule has 8 heteroatoms. The molecular formula is C13H12BrN3O4. The Morgan fingerprint density at radius 3 is 2.76 bits per heavy atom. The zero-order valence-electron chi connectivity index (χ0n) is 10.8. The lowest BCUT2D eigenvalue weighted by Gasteiger charge is -2.22. The van der Waals surface area contributed by atoms with Crippen LogP contribution in [-0.4, -0.2) is 45.8 Å². The Kier molecular flexibility index (Phi) is 4.45. The van der Waals surface area contributed by atoms with Gasteiger partial charge in [0.1, 0.15) is 6.04 Å². The van der Waals surface area contributed by atoms with Crippen LogP contribution in [0.15, 0.2) is 22.7 Å². The molecule has 2 amide bonds. The van der Waals surface area contributed by atoms with E-state index < -0.39 is 24.1 Å². The van der Waals surface area contributed by atoms with Crippen LogP contribution in [-0.2, 0) is 4.79 Å². The molecule has 0 bridgehead atoms. The van der Waals surface area contributed by atoms with Crippen molar-refractivity contribution in [1.29, 1.82) is 5.26 Å². The summed E-state index contributed by atoms with van der Waals surface area (Å²) in [6.45, 7) is -0.0311. The highest BCUT2D eigenvalue weighted by molar-refractivity contribution is 9.10. The van der Waals surface area contributed by atoms with E-state index in [0.717, 1.165) is 4.90 Å². The molecule has 0 unspecified atom stereocenters. The SMILES string of the molecule is N#Cc1ccc(NC(=O)N2C[C@@H](O)C[C@H]2C(=O)O)c(Br)c1. The highest BCUT2D eigenvalue weighted by Gasteiger charge is 2.39. The van der Waals surface area contributed by atoms with Crippen molar-refractivity contribution < 1.29 is 19.8 Å². The van der Waals surface area contributed by atoms with Crippen LogP contribution >= 0.6 is 15.9 Å². The van der Waals surface area contributed by atoms with Crippen LogP contribution < -0.4 is 5.32 Å². The molecule has 7 nitrogen and oxygen atoms in total. The lowest BCUT2D eigenvalue weighted by molar-refractivity contribution is -0.141. The Hall–Kier alpha value is -2.11. The van der Waals surface area contributed by atoms with Gasteiger partial charge in [0.25, 0.3) is 0 Å². The lowest BCUT2D eigenvalue weighted by atomic mass is 10.2. The smallest absolute Gasteiger partial charge is 0.326 e. The van der Waals surface area contributed by atoms with E-state index in [4.69, 9.17) is 10.4 Å². The average Bonchev–Trinajstić information content (AvgIpc) is 2.83. The molecule has 2 atom stereocenters. The maximum Gasteiger partial charge on any atom is 0.326 e. The number of anilines is 1. The van der Waals surface area contributed by atoms with Crippen molar-refractivity contribution in [3.8, 4) is 6.07 Å². The summed E-state index contributed by atoms with van der Waals surface area (Å²) in [5.74, 6) is -1.15. The van der Waals surface area contributed by atoms with Gasteiger partial charge in [0.05, 0.1) is 23.4 Å². The molecule has 1 aromatic carbocycles. The number of amides is 2. The first-order chi connectivity index (χ1) is 9.92. The normalized spacial score (nSPS) is 20.9. The molecule has 0 aliphatic carbocycles. The third-order valence-electron chi connectivity index (χ3n) is 3.16. The van der Waals surface area contributed by atoms with E-state index in [1.165, 1.54) is 6.07 Å². The molecule has 2 rings (SSSR count). The number of halogens is 1. The molecule has 1 fully saturated rings. The molecule has 1 saturated heterocycles. The second-order valence-electron chi connectivity index (χ2n) is 4.63. The minimum absolute atomic E-state index is 0.0112. The first-order valence-corrected chi connectivity index (χ1v) is 6.90. The van der Waals surface area contributed by atoms with Crippen LogP contribution in [0.25, 0.3) is 0 Å². The van der Waals surface area contributed by atoms with Crippen LogP contribution in [0.4, 0.5) is 10.5 Å². The number of aliphatic hydroxyl groups is 1. The summed E-state index contributed by atoms with van der Waals surface area (Å²) in [4.78, 5) is 24.3. The fourth-order valence-electron chi connectivity index (χ4n) is 2.15. The van der Waals surface area contributed by atoms with Crippen molar-refractivity contribution in [2.45, 2.75) is 18.6 Å².